The molecule has 0 bridgehead atoms. The number of benzene rings is 1. The summed E-state index contributed by atoms with van der Waals surface area (Å²) >= 11 is 5.87. The summed E-state index contributed by atoms with van der Waals surface area (Å²) in [7, 11) is 0. The fourth-order valence-electron chi connectivity index (χ4n) is 2.85. The van der Waals surface area contributed by atoms with E-state index in [9.17, 15) is 0 Å². The van der Waals surface area contributed by atoms with Crippen molar-refractivity contribution in [2.45, 2.75) is 39.2 Å². The standard InChI is InChI=1S/C14H20ClN/c1-10-7-11(2)9-14(8-10)16-13-5-3-12(15)4-6-13/h3-6,10-11,14,16H,7-9H2,1-2H3. The molecule has 88 valence electrons. The van der Waals surface area contributed by atoms with Gasteiger partial charge in [0.05, 0.1) is 0 Å². The number of anilines is 1. The number of nitrogens with one attached hydrogen (secondary N) is 1. The lowest BCUT2D eigenvalue weighted by Gasteiger charge is -2.32. The van der Waals surface area contributed by atoms with Crippen LogP contribution in [0.15, 0.2) is 24.3 Å². The Kier molecular flexibility index (Phi) is 3.75. The highest BCUT2D eigenvalue weighted by Crippen LogP contribution is 2.30. The molecule has 0 aliphatic heterocycles. The molecule has 2 heteroatoms. The molecule has 1 N–H and O–H groups in total. The fourth-order valence-corrected chi connectivity index (χ4v) is 2.97. The first kappa shape index (κ1) is 11.8. The van der Waals surface area contributed by atoms with E-state index in [4.69, 9.17) is 11.6 Å². The smallest absolute Gasteiger partial charge is 0.0407 e. The third-order valence-electron chi connectivity index (χ3n) is 3.39. The van der Waals surface area contributed by atoms with Gasteiger partial charge in [-0.3, -0.25) is 0 Å². The first-order valence-corrected chi connectivity index (χ1v) is 6.53. The highest BCUT2D eigenvalue weighted by Gasteiger charge is 2.23. The molecular formula is C14H20ClN. The lowest BCUT2D eigenvalue weighted by molar-refractivity contribution is 0.281. The van der Waals surface area contributed by atoms with Gasteiger partial charge < -0.3 is 5.32 Å². The monoisotopic (exact) mass is 237 g/mol. The Morgan fingerprint density at radius 1 is 1.00 bits per heavy atom. The highest BCUT2D eigenvalue weighted by atomic mass is 35.5. The van der Waals surface area contributed by atoms with Crippen LogP contribution in [0, 0.1) is 11.8 Å². The maximum Gasteiger partial charge on any atom is 0.0407 e. The molecular weight excluding hydrogens is 218 g/mol. The topological polar surface area (TPSA) is 12.0 Å². The average molecular weight is 238 g/mol. The van der Waals surface area contributed by atoms with Crippen molar-refractivity contribution in [2.24, 2.45) is 11.8 Å². The van der Waals surface area contributed by atoms with Crippen LogP contribution >= 0.6 is 11.6 Å². The average Bonchev–Trinajstić information content (AvgIpc) is 2.20. The Morgan fingerprint density at radius 2 is 1.56 bits per heavy atom. The molecule has 0 amide bonds. The summed E-state index contributed by atoms with van der Waals surface area (Å²) in [5.74, 6) is 1.68. The molecule has 2 rings (SSSR count). The Bertz CT molecular complexity index is 323. The Morgan fingerprint density at radius 3 is 2.12 bits per heavy atom. The van der Waals surface area contributed by atoms with Crippen LogP contribution in [0.2, 0.25) is 5.02 Å². The maximum atomic E-state index is 5.87. The molecule has 2 unspecified atom stereocenters. The van der Waals surface area contributed by atoms with E-state index in [1.165, 1.54) is 24.9 Å². The summed E-state index contributed by atoms with van der Waals surface area (Å²) in [6.45, 7) is 4.71. The van der Waals surface area contributed by atoms with Crippen molar-refractivity contribution in [1.82, 2.24) is 0 Å². The van der Waals surface area contributed by atoms with Crippen LogP contribution in [-0.4, -0.2) is 6.04 Å². The molecule has 1 nitrogen and oxygen atoms in total. The normalized spacial score (nSPS) is 30.1. The lowest BCUT2D eigenvalue weighted by atomic mass is 9.80. The van der Waals surface area contributed by atoms with E-state index in [-0.39, 0.29) is 0 Å². The van der Waals surface area contributed by atoms with Crippen LogP contribution in [0.25, 0.3) is 0 Å². The van der Waals surface area contributed by atoms with Crippen molar-refractivity contribution < 1.29 is 0 Å². The quantitative estimate of drug-likeness (QED) is 0.794. The second-order valence-corrected chi connectivity index (χ2v) is 5.70. The molecule has 1 saturated carbocycles. The van der Waals surface area contributed by atoms with Crippen molar-refractivity contribution in [3.05, 3.63) is 29.3 Å². The molecule has 16 heavy (non-hydrogen) atoms. The predicted octanol–water partition coefficient (Wildman–Crippen LogP) is 4.58. The van der Waals surface area contributed by atoms with E-state index < -0.39 is 0 Å². The SMILES string of the molecule is CC1CC(C)CC(Nc2ccc(Cl)cc2)C1. The minimum Gasteiger partial charge on any atom is -0.382 e. The van der Waals surface area contributed by atoms with Gasteiger partial charge in [0.25, 0.3) is 0 Å². The molecule has 1 aromatic carbocycles. The van der Waals surface area contributed by atoms with Crippen LogP contribution in [0.4, 0.5) is 5.69 Å². The summed E-state index contributed by atoms with van der Waals surface area (Å²) < 4.78 is 0. The van der Waals surface area contributed by atoms with Crippen molar-refractivity contribution in [3.63, 3.8) is 0 Å². The molecule has 1 aliphatic rings. The van der Waals surface area contributed by atoms with Gasteiger partial charge in [-0.15, -0.1) is 0 Å². The van der Waals surface area contributed by atoms with Crippen molar-refractivity contribution in [1.29, 1.82) is 0 Å². The molecule has 0 spiro atoms. The van der Waals surface area contributed by atoms with E-state index in [0.717, 1.165) is 16.9 Å². The number of halogens is 1. The van der Waals surface area contributed by atoms with Gasteiger partial charge in [-0.05, 0) is 55.4 Å². The maximum absolute atomic E-state index is 5.87. The number of rotatable bonds is 2. The van der Waals surface area contributed by atoms with E-state index in [2.05, 4.69) is 31.3 Å². The minimum atomic E-state index is 0.625. The van der Waals surface area contributed by atoms with Crippen molar-refractivity contribution >= 4 is 17.3 Å². The predicted molar refractivity (Wildman–Crippen MR) is 71.0 cm³/mol. The summed E-state index contributed by atoms with van der Waals surface area (Å²) in [5, 5.41) is 4.41. The van der Waals surface area contributed by atoms with Crippen molar-refractivity contribution in [3.8, 4) is 0 Å². The Hall–Kier alpha value is -0.690. The van der Waals surface area contributed by atoms with Crippen LogP contribution < -0.4 is 5.32 Å². The largest absolute Gasteiger partial charge is 0.382 e. The van der Waals surface area contributed by atoms with Gasteiger partial charge in [-0.2, -0.15) is 0 Å². The second-order valence-electron chi connectivity index (χ2n) is 5.27. The van der Waals surface area contributed by atoms with Crippen LogP contribution in [0.1, 0.15) is 33.1 Å². The number of hydrogen-bond acceptors (Lipinski definition) is 1. The van der Waals surface area contributed by atoms with Gasteiger partial charge in [0, 0.05) is 16.8 Å². The molecule has 2 atom stereocenters. The van der Waals surface area contributed by atoms with Crippen molar-refractivity contribution in [2.75, 3.05) is 5.32 Å². The Balaban J connectivity index is 1.96. The fraction of sp³-hybridized carbons (Fsp3) is 0.571. The van der Waals surface area contributed by atoms with Gasteiger partial charge in [0.1, 0.15) is 0 Å². The second kappa shape index (κ2) is 5.09. The van der Waals surface area contributed by atoms with E-state index in [1.807, 2.05) is 12.1 Å². The third-order valence-corrected chi connectivity index (χ3v) is 3.65. The summed E-state index contributed by atoms with van der Waals surface area (Å²) in [4.78, 5) is 0. The molecule has 0 aromatic heterocycles. The summed E-state index contributed by atoms with van der Waals surface area (Å²) in [6, 6.07) is 8.64. The summed E-state index contributed by atoms with van der Waals surface area (Å²) in [6.07, 6.45) is 3.94. The van der Waals surface area contributed by atoms with Gasteiger partial charge in [-0.25, -0.2) is 0 Å². The molecule has 1 aliphatic carbocycles. The molecule has 1 fully saturated rings. The zero-order valence-corrected chi connectivity index (χ0v) is 10.8. The molecule has 0 saturated heterocycles. The van der Waals surface area contributed by atoms with Crippen LogP contribution in [0.5, 0.6) is 0 Å². The zero-order valence-electron chi connectivity index (χ0n) is 10.0. The van der Waals surface area contributed by atoms with Gasteiger partial charge >= 0.3 is 0 Å². The van der Waals surface area contributed by atoms with Crippen LogP contribution in [-0.2, 0) is 0 Å². The lowest BCUT2D eigenvalue weighted by Crippen LogP contribution is -2.30. The first-order chi connectivity index (χ1) is 7.63. The van der Waals surface area contributed by atoms with Gasteiger partial charge in [-0.1, -0.05) is 25.4 Å². The van der Waals surface area contributed by atoms with E-state index in [0.29, 0.717) is 6.04 Å². The molecule has 0 heterocycles. The molecule has 0 radical (unpaired) electrons. The first-order valence-electron chi connectivity index (χ1n) is 6.15. The minimum absolute atomic E-state index is 0.625. The third kappa shape index (κ3) is 3.15. The summed E-state index contributed by atoms with van der Waals surface area (Å²) in [5.41, 5.74) is 1.19. The Labute approximate surface area is 103 Å². The molecule has 1 aromatic rings. The van der Waals surface area contributed by atoms with E-state index >= 15 is 0 Å². The van der Waals surface area contributed by atoms with E-state index in [1.54, 1.807) is 0 Å². The van der Waals surface area contributed by atoms with Gasteiger partial charge in [0.15, 0.2) is 0 Å². The highest BCUT2D eigenvalue weighted by molar-refractivity contribution is 6.30. The number of hydrogen-bond donors (Lipinski definition) is 1. The zero-order chi connectivity index (χ0) is 11.5. The van der Waals surface area contributed by atoms with Crippen LogP contribution in [0.3, 0.4) is 0 Å². The van der Waals surface area contributed by atoms with Gasteiger partial charge in [0.2, 0.25) is 0 Å².